The van der Waals surface area contributed by atoms with Crippen molar-refractivity contribution in [2.75, 3.05) is 33.4 Å². The summed E-state index contributed by atoms with van der Waals surface area (Å²) >= 11 is 5.70. The van der Waals surface area contributed by atoms with Crippen LogP contribution >= 0.6 is 11.6 Å². The van der Waals surface area contributed by atoms with Gasteiger partial charge in [0.05, 0.1) is 17.4 Å². The molecule has 13 heteroatoms. The van der Waals surface area contributed by atoms with Gasteiger partial charge in [-0.05, 0) is 43.7 Å². The Morgan fingerprint density at radius 3 is 2.59 bits per heavy atom. The summed E-state index contributed by atoms with van der Waals surface area (Å²) in [5.41, 5.74) is 1.92. The predicted octanol–water partition coefficient (Wildman–Crippen LogP) is 3.47. The number of esters is 1. The molecule has 2 unspecified atom stereocenters. The van der Waals surface area contributed by atoms with Crippen LogP contribution in [0.15, 0.2) is 42.0 Å². The summed E-state index contributed by atoms with van der Waals surface area (Å²) in [6.07, 6.45) is 9.82. The van der Waals surface area contributed by atoms with Crippen molar-refractivity contribution in [1.29, 1.82) is 0 Å². The molecule has 12 nitrogen and oxygen atoms in total. The van der Waals surface area contributed by atoms with Crippen molar-refractivity contribution in [3.63, 3.8) is 0 Å². The highest BCUT2D eigenvalue weighted by Crippen LogP contribution is 2.59. The molecule has 0 bridgehead atoms. The number of imide groups is 1. The maximum Gasteiger partial charge on any atom is 0.330 e. The van der Waals surface area contributed by atoms with E-state index in [1.54, 1.807) is 19.3 Å². The van der Waals surface area contributed by atoms with Crippen LogP contribution in [0.5, 0.6) is 0 Å². The molecule has 3 rings (SSSR count). The lowest BCUT2D eigenvalue weighted by molar-refractivity contribution is -0.404. The summed E-state index contributed by atoms with van der Waals surface area (Å²) < 4.78 is 5.20. The Morgan fingerprint density at radius 2 is 2.07 bits per heavy atom. The van der Waals surface area contributed by atoms with Crippen LogP contribution in [-0.2, 0) is 20.9 Å². The highest BCUT2D eigenvalue weighted by Gasteiger charge is 2.61. The molecule has 2 fully saturated rings. The number of pyridine rings is 1. The van der Waals surface area contributed by atoms with Gasteiger partial charge in [0.15, 0.2) is 12.6 Å². The van der Waals surface area contributed by atoms with Gasteiger partial charge in [-0.15, -0.1) is 6.42 Å². The lowest BCUT2D eigenvalue weighted by Crippen LogP contribution is -2.36. The summed E-state index contributed by atoms with van der Waals surface area (Å²) in [7, 11) is 1.65. The van der Waals surface area contributed by atoms with E-state index in [1.165, 1.54) is 4.90 Å². The van der Waals surface area contributed by atoms with Gasteiger partial charge < -0.3 is 19.9 Å². The van der Waals surface area contributed by atoms with Crippen molar-refractivity contribution in [1.82, 2.24) is 25.0 Å². The van der Waals surface area contributed by atoms with Crippen molar-refractivity contribution in [2.45, 2.75) is 41.2 Å². The topological polar surface area (TPSA) is 138 Å². The molecule has 41 heavy (non-hydrogen) atoms. The number of carbonyl (C=O) groups is 3. The van der Waals surface area contributed by atoms with E-state index in [-0.39, 0.29) is 43.0 Å². The molecule has 2 heterocycles. The van der Waals surface area contributed by atoms with Gasteiger partial charge in [-0.2, -0.15) is 0 Å². The van der Waals surface area contributed by atoms with Crippen LogP contribution in [0.4, 0.5) is 4.79 Å². The predicted molar refractivity (Wildman–Crippen MR) is 153 cm³/mol. The van der Waals surface area contributed by atoms with E-state index in [9.17, 15) is 24.5 Å². The minimum Gasteiger partial charge on any atom is -0.443 e. The van der Waals surface area contributed by atoms with Gasteiger partial charge in [0.2, 0.25) is 0 Å². The number of amides is 3. The van der Waals surface area contributed by atoms with Crippen LogP contribution in [0.1, 0.15) is 40.2 Å². The number of aromatic nitrogens is 1. The van der Waals surface area contributed by atoms with E-state index < -0.39 is 16.9 Å². The molecule has 0 spiro atoms. The summed E-state index contributed by atoms with van der Waals surface area (Å²) in [6, 6.07) is 3.02. The van der Waals surface area contributed by atoms with E-state index in [0.29, 0.717) is 24.1 Å². The zero-order valence-electron chi connectivity index (χ0n) is 24.2. The van der Waals surface area contributed by atoms with E-state index in [1.807, 2.05) is 45.6 Å². The average molecular weight is 589 g/mol. The number of halogens is 1. The second-order valence-electron chi connectivity index (χ2n) is 10.4. The molecule has 3 amide bonds. The standard InChI is InChI=1S/C17H22N2O4.C11H15ClN4O2/c1-6-7-18-9-13(20)19(16(18)22)10-23-15(21)14-12(8-11(2)3)17(14,4)5;1-3-15(11(13-2)8-16(17)18)7-9-4-5-10(12)14-6-9/h1,8,12,14H,7,9-10H2,2-5H3;4-6,8,13H,3,7H2,1-2H3/b;11-8+. The largest absolute Gasteiger partial charge is 0.443 e. The normalized spacial score (nSPS) is 19.0. The molecule has 1 saturated carbocycles. The van der Waals surface area contributed by atoms with Crippen molar-refractivity contribution in [2.24, 2.45) is 17.3 Å². The van der Waals surface area contributed by atoms with Crippen LogP contribution in [0.25, 0.3) is 0 Å². The number of nitro groups is 1. The number of carbonyl (C=O) groups excluding carboxylic acids is 3. The third-order valence-corrected chi connectivity index (χ3v) is 7.02. The van der Waals surface area contributed by atoms with Crippen LogP contribution in [-0.4, -0.2) is 75.9 Å². The summed E-state index contributed by atoms with van der Waals surface area (Å²) in [6.45, 7) is 10.7. The highest BCUT2D eigenvalue weighted by atomic mass is 35.5. The Labute approximate surface area is 245 Å². The lowest BCUT2D eigenvalue weighted by Gasteiger charge is -2.23. The Bertz CT molecular complexity index is 1240. The van der Waals surface area contributed by atoms with Gasteiger partial charge in [-0.25, -0.2) is 14.7 Å². The summed E-state index contributed by atoms with van der Waals surface area (Å²) in [5.74, 6) is 1.87. The fraction of sp³-hybridized carbons (Fsp3) is 0.500. The zero-order chi connectivity index (χ0) is 30.9. The number of hydrogen-bond donors (Lipinski definition) is 1. The first-order valence-corrected chi connectivity index (χ1v) is 13.4. The molecule has 1 aliphatic carbocycles. The molecular formula is C28H37ClN6O6. The number of nitrogens with one attached hydrogen (secondary N) is 1. The molecule has 1 saturated heterocycles. The van der Waals surface area contributed by atoms with E-state index in [2.05, 4.69) is 22.3 Å². The zero-order valence-corrected chi connectivity index (χ0v) is 25.0. The van der Waals surface area contributed by atoms with Gasteiger partial charge in [-0.3, -0.25) is 19.7 Å². The third kappa shape index (κ3) is 8.94. The Balaban J connectivity index is 0.000000296. The SMILES string of the molecule is C#CCN1CC(=O)N(COC(=O)C2C(C=C(C)C)C2(C)C)C1=O.CCN(Cc1ccc(Cl)nc1)/C(=C/[N+](=O)[O-])NC. The quantitative estimate of drug-likeness (QED) is 0.0783. The number of urea groups is 1. The van der Waals surface area contributed by atoms with Crippen LogP contribution < -0.4 is 5.32 Å². The molecule has 2 aliphatic rings. The van der Waals surface area contributed by atoms with Crippen LogP contribution in [0.2, 0.25) is 5.15 Å². The van der Waals surface area contributed by atoms with Crippen molar-refractivity contribution in [3.05, 3.63) is 62.8 Å². The van der Waals surface area contributed by atoms with Gasteiger partial charge in [0, 0.05) is 26.3 Å². The number of allylic oxidation sites excluding steroid dienone is 2. The van der Waals surface area contributed by atoms with Crippen LogP contribution in [0.3, 0.4) is 0 Å². The van der Waals surface area contributed by atoms with Crippen molar-refractivity contribution < 1.29 is 24.0 Å². The number of nitrogens with zero attached hydrogens (tertiary/aromatic N) is 5. The van der Waals surface area contributed by atoms with E-state index in [4.69, 9.17) is 22.8 Å². The number of rotatable bonds is 11. The first kappa shape index (κ1) is 33.1. The van der Waals surface area contributed by atoms with E-state index >= 15 is 0 Å². The van der Waals surface area contributed by atoms with Gasteiger partial charge in [0.25, 0.3) is 12.1 Å². The molecule has 2 atom stereocenters. The van der Waals surface area contributed by atoms with Gasteiger partial charge in [-0.1, -0.05) is 49.1 Å². The minimum atomic E-state index is -0.517. The molecule has 0 radical (unpaired) electrons. The van der Waals surface area contributed by atoms with E-state index in [0.717, 1.165) is 22.2 Å². The molecule has 1 aromatic heterocycles. The fourth-order valence-corrected chi connectivity index (χ4v) is 4.57. The first-order valence-electron chi connectivity index (χ1n) is 13.0. The second kappa shape index (κ2) is 14.5. The van der Waals surface area contributed by atoms with Crippen molar-refractivity contribution >= 4 is 29.5 Å². The monoisotopic (exact) mass is 588 g/mol. The minimum absolute atomic E-state index is 0.0628. The van der Waals surface area contributed by atoms with Crippen molar-refractivity contribution in [3.8, 4) is 12.3 Å². The molecular weight excluding hydrogens is 552 g/mol. The second-order valence-corrected chi connectivity index (χ2v) is 10.8. The molecule has 1 aliphatic heterocycles. The Hall–Kier alpha value is -4.11. The maximum absolute atomic E-state index is 12.2. The Morgan fingerprint density at radius 1 is 1.39 bits per heavy atom. The smallest absolute Gasteiger partial charge is 0.330 e. The number of terminal acetylenes is 1. The van der Waals surface area contributed by atoms with Crippen LogP contribution in [0, 0.1) is 39.7 Å². The molecule has 1 aromatic rings. The summed E-state index contributed by atoms with van der Waals surface area (Å²) in [4.78, 5) is 54.0. The number of hydrogen-bond acceptors (Lipinski definition) is 9. The van der Waals surface area contributed by atoms with Gasteiger partial charge in [0.1, 0.15) is 11.7 Å². The summed E-state index contributed by atoms with van der Waals surface area (Å²) in [5, 5.41) is 13.8. The first-order chi connectivity index (χ1) is 19.3. The lowest BCUT2D eigenvalue weighted by atomic mass is 10.1. The highest BCUT2D eigenvalue weighted by molar-refractivity contribution is 6.29. The number of ether oxygens (including phenoxy) is 1. The maximum atomic E-state index is 12.2. The molecule has 1 N–H and O–H groups in total. The average Bonchev–Trinajstić information content (AvgIpc) is 3.32. The third-order valence-electron chi connectivity index (χ3n) is 6.79. The Kier molecular flexibility index (Phi) is 11.7. The van der Waals surface area contributed by atoms with Gasteiger partial charge >= 0.3 is 12.0 Å². The molecule has 222 valence electrons. The molecule has 0 aromatic carbocycles. The fourth-order valence-electron chi connectivity index (χ4n) is 4.46.